The van der Waals surface area contributed by atoms with Crippen LogP contribution in [-0.2, 0) is 0 Å². The van der Waals surface area contributed by atoms with Gasteiger partial charge in [0.05, 0.1) is 5.56 Å². The van der Waals surface area contributed by atoms with Crippen molar-refractivity contribution < 1.29 is 15.0 Å². The Hall–Kier alpha value is -3.22. The number of aliphatic imine (C=N–C) groups is 1. The first kappa shape index (κ1) is 14.4. The second-order valence-electron chi connectivity index (χ2n) is 5.52. The minimum Gasteiger partial charge on any atom is -0.623 e. The van der Waals surface area contributed by atoms with E-state index in [0.29, 0.717) is 22.6 Å². The molecular weight excluding hydrogens is 306 g/mol. The Kier molecular flexibility index (Phi) is 3.26. The van der Waals surface area contributed by atoms with Gasteiger partial charge in [0.25, 0.3) is 5.91 Å². The fraction of sp³-hybridized carbons (Fsp3) is 0. The fourth-order valence-corrected chi connectivity index (χ4v) is 2.80. The molecule has 0 radical (unpaired) electrons. The highest BCUT2D eigenvalue weighted by Gasteiger charge is 2.17. The second kappa shape index (κ2) is 5.45. The van der Waals surface area contributed by atoms with Crippen LogP contribution in [0.15, 0.2) is 59.6 Å². The van der Waals surface area contributed by atoms with Gasteiger partial charge in [-0.2, -0.15) is 4.99 Å². The third-order valence-electron chi connectivity index (χ3n) is 3.93. The van der Waals surface area contributed by atoms with Gasteiger partial charge in [-0.05, 0) is 35.0 Å². The van der Waals surface area contributed by atoms with Crippen LogP contribution in [-0.4, -0.2) is 17.4 Å². The lowest BCUT2D eigenvalue weighted by molar-refractivity contribution is -0.655. The highest BCUT2D eigenvalue weighted by molar-refractivity contribution is 6.13. The number of quaternary nitrogens is 1. The molecule has 1 aliphatic heterocycles. The molecule has 1 amide bonds. The zero-order valence-electron chi connectivity index (χ0n) is 12.5. The summed E-state index contributed by atoms with van der Waals surface area (Å²) < 4.78 is 0. The van der Waals surface area contributed by atoms with Gasteiger partial charge in [-0.15, -0.1) is 0 Å². The van der Waals surface area contributed by atoms with Crippen molar-refractivity contribution >= 4 is 40.1 Å². The maximum Gasteiger partial charge on any atom is 0.256 e. The molecule has 0 spiro atoms. The number of nitrogens with one attached hydrogen (secondary N) is 2. The summed E-state index contributed by atoms with van der Waals surface area (Å²) in [6, 6.07) is 15.4. The lowest BCUT2D eigenvalue weighted by Crippen LogP contribution is -2.99. The number of benzene rings is 3. The molecule has 3 aromatic carbocycles. The summed E-state index contributed by atoms with van der Waals surface area (Å²) in [5.41, 5.74) is 1.98. The van der Waals surface area contributed by atoms with Crippen LogP contribution in [0.25, 0.3) is 10.8 Å². The van der Waals surface area contributed by atoms with Crippen LogP contribution in [0.2, 0.25) is 0 Å². The van der Waals surface area contributed by atoms with Crippen LogP contribution in [0.4, 0.5) is 17.1 Å². The van der Waals surface area contributed by atoms with Gasteiger partial charge < -0.3 is 15.6 Å². The molecule has 1 aliphatic rings. The molecule has 0 aliphatic carbocycles. The molecule has 0 fully saturated rings. The molecule has 1 heterocycles. The molecule has 6 nitrogen and oxygen atoms in total. The minimum atomic E-state index is -0.338. The Bertz CT molecular complexity index is 998. The number of hydrogen-bond donors (Lipinski definition) is 3. The summed E-state index contributed by atoms with van der Waals surface area (Å²) in [5.74, 6) is -0.307. The summed E-state index contributed by atoms with van der Waals surface area (Å²) in [5, 5.41) is 25.6. The topological polar surface area (TPSA) is 89.2 Å². The van der Waals surface area contributed by atoms with E-state index in [1.54, 1.807) is 24.3 Å². The standard InChI is InChI=1S/C18H13N3O3/c22-13-7-11-3-1-2-4-14(11)15(9-13)18(23)20-12-5-6-17-16(8-12)19-10-21(17)24/h1-10,21-22H,(H,20,23). The Morgan fingerprint density at radius 1 is 1.12 bits per heavy atom. The number of anilines is 1. The van der Waals surface area contributed by atoms with Crippen LogP contribution in [0.3, 0.4) is 0 Å². The van der Waals surface area contributed by atoms with Gasteiger partial charge in [-0.3, -0.25) is 9.86 Å². The highest BCUT2D eigenvalue weighted by Crippen LogP contribution is 2.29. The van der Waals surface area contributed by atoms with Crippen molar-refractivity contribution in [2.75, 3.05) is 5.32 Å². The Balaban J connectivity index is 1.69. The number of aromatic hydroxyl groups is 1. The van der Waals surface area contributed by atoms with Crippen molar-refractivity contribution in [2.45, 2.75) is 0 Å². The normalized spacial score (nSPS) is 15.5. The first-order valence-corrected chi connectivity index (χ1v) is 7.37. The average Bonchev–Trinajstić information content (AvgIpc) is 2.94. The van der Waals surface area contributed by atoms with E-state index in [0.717, 1.165) is 10.8 Å². The van der Waals surface area contributed by atoms with E-state index < -0.39 is 0 Å². The Morgan fingerprint density at radius 3 is 2.83 bits per heavy atom. The van der Waals surface area contributed by atoms with Gasteiger partial charge in [-0.25, -0.2) is 0 Å². The molecule has 118 valence electrons. The van der Waals surface area contributed by atoms with E-state index in [-0.39, 0.29) is 16.7 Å². The van der Waals surface area contributed by atoms with Gasteiger partial charge in [0.1, 0.15) is 11.4 Å². The highest BCUT2D eigenvalue weighted by atomic mass is 16.5. The molecule has 3 N–H and O–H groups in total. The van der Waals surface area contributed by atoms with Crippen LogP contribution in [0, 0.1) is 5.21 Å². The maximum absolute atomic E-state index is 12.6. The van der Waals surface area contributed by atoms with Crippen LogP contribution in [0.5, 0.6) is 5.75 Å². The SMILES string of the molecule is O=C(Nc1ccc2c(c1)N=C[NH+]2[O-])c1cc(O)cc2ccccc12. The molecule has 24 heavy (non-hydrogen) atoms. The summed E-state index contributed by atoms with van der Waals surface area (Å²) in [6.07, 6.45) is 1.26. The van der Waals surface area contributed by atoms with Gasteiger partial charge in [-0.1, -0.05) is 24.3 Å². The van der Waals surface area contributed by atoms with Crippen LogP contribution < -0.4 is 10.4 Å². The zero-order chi connectivity index (χ0) is 16.7. The van der Waals surface area contributed by atoms with Gasteiger partial charge >= 0.3 is 0 Å². The molecular formula is C18H13N3O3. The lowest BCUT2D eigenvalue weighted by Gasteiger charge is -2.12. The number of carbonyl (C=O) groups is 1. The summed E-state index contributed by atoms with van der Waals surface area (Å²) in [6.45, 7) is 0. The number of phenolic OH excluding ortho intramolecular Hbond substituents is 1. The average molecular weight is 319 g/mol. The van der Waals surface area contributed by atoms with E-state index in [2.05, 4.69) is 10.3 Å². The minimum absolute atomic E-state index is 0.0306. The number of nitrogens with zero attached hydrogens (tertiary/aromatic N) is 1. The van der Waals surface area contributed by atoms with Crippen molar-refractivity contribution in [3.05, 3.63) is 65.4 Å². The third-order valence-corrected chi connectivity index (χ3v) is 3.93. The maximum atomic E-state index is 12.6. The van der Waals surface area contributed by atoms with Crippen molar-refractivity contribution in [3.8, 4) is 5.75 Å². The smallest absolute Gasteiger partial charge is 0.256 e. The molecule has 6 heteroatoms. The third kappa shape index (κ3) is 2.40. The molecule has 4 rings (SSSR count). The number of hydroxylamine groups is 1. The van der Waals surface area contributed by atoms with E-state index in [1.807, 2.05) is 24.3 Å². The largest absolute Gasteiger partial charge is 0.623 e. The number of amides is 1. The Morgan fingerprint density at radius 2 is 1.96 bits per heavy atom. The monoisotopic (exact) mass is 319 g/mol. The first-order valence-electron chi connectivity index (χ1n) is 7.37. The molecule has 0 bridgehead atoms. The molecule has 0 saturated carbocycles. The number of phenols is 1. The van der Waals surface area contributed by atoms with Crippen molar-refractivity contribution in [1.29, 1.82) is 0 Å². The van der Waals surface area contributed by atoms with Crippen LogP contribution >= 0.6 is 0 Å². The molecule has 1 unspecified atom stereocenters. The Labute approximate surface area is 137 Å². The van der Waals surface area contributed by atoms with E-state index in [9.17, 15) is 15.1 Å². The summed E-state index contributed by atoms with van der Waals surface area (Å²) in [4.78, 5) is 16.6. The van der Waals surface area contributed by atoms with E-state index in [4.69, 9.17) is 0 Å². The molecule has 3 aromatic rings. The second-order valence-corrected chi connectivity index (χ2v) is 5.52. The number of hydrogen-bond acceptors (Lipinski definition) is 4. The summed E-state index contributed by atoms with van der Waals surface area (Å²) >= 11 is 0. The number of rotatable bonds is 2. The predicted molar refractivity (Wildman–Crippen MR) is 92.1 cm³/mol. The first-order chi connectivity index (χ1) is 11.6. The number of carbonyl (C=O) groups excluding carboxylic acids is 1. The summed E-state index contributed by atoms with van der Waals surface area (Å²) in [7, 11) is 0. The zero-order valence-corrected chi connectivity index (χ0v) is 12.5. The van der Waals surface area contributed by atoms with Crippen molar-refractivity contribution in [3.63, 3.8) is 0 Å². The van der Waals surface area contributed by atoms with Crippen molar-refractivity contribution in [2.24, 2.45) is 4.99 Å². The quantitative estimate of drug-likeness (QED) is 0.634. The fourth-order valence-electron chi connectivity index (χ4n) is 2.80. The molecule has 0 saturated heterocycles. The van der Waals surface area contributed by atoms with Gasteiger partial charge in [0, 0.05) is 11.8 Å². The van der Waals surface area contributed by atoms with Gasteiger partial charge in [0.15, 0.2) is 12.0 Å². The van der Waals surface area contributed by atoms with Crippen molar-refractivity contribution in [1.82, 2.24) is 0 Å². The van der Waals surface area contributed by atoms with Crippen LogP contribution in [0.1, 0.15) is 10.4 Å². The molecule has 1 atom stereocenters. The number of fused-ring (bicyclic) bond motifs is 2. The lowest BCUT2D eigenvalue weighted by atomic mass is 10.0. The van der Waals surface area contributed by atoms with E-state index in [1.165, 1.54) is 12.4 Å². The predicted octanol–water partition coefficient (Wildman–Crippen LogP) is 2.49. The van der Waals surface area contributed by atoms with E-state index >= 15 is 0 Å². The molecule has 0 aromatic heterocycles. The van der Waals surface area contributed by atoms with Gasteiger partial charge in [0.2, 0.25) is 0 Å².